The van der Waals surface area contributed by atoms with Gasteiger partial charge in [0.1, 0.15) is 17.3 Å². The molecule has 5 nitrogen and oxygen atoms in total. The van der Waals surface area contributed by atoms with Gasteiger partial charge in [0.2, 0.25) is 0 Å². The van der Waals surface area contributed by atoms with Gasteiger partial charge in [-0.2, -0.15) is 0 Å². The van der Waals surface area contributed by atoms with Crippen LogP contribution in [0.2, 0.25) is 0 Å². The van der Waals surface area contributed by atoms with Crippen molar-refractivity contribution in [2.45, 2.75) is 31.6 Å². The highest BCUT2D eigenvalue weighted by Gasteiger charge is 2.40. The Hall–Kier alpha value is -2.56. The molecule has 0 aromatic heterocycles. The van der Waals surface area contributed by atoms with Crippen LogP contribution in [0.25, 0.3) is 0 Å². The van der Waals surface area contributed by atoms with Gasteiger partial charge in [0, 0.05) is 42.4 Å². The van der Waals surface area contributed by atoms with Crippen LogP contribution in [0.1, 0.15) is 37.2 Å². The van der Waals surface area contributed by atoms with Gasteiger partial charge in [-0.3, -0.25) is 9.59 Å². The summed E-state index contributed by atoms with van der Waals surface area (Å²) in [4.78, 5) is 24.3. The minimum Gasteiger partial charge on any atom is -0.512 e. The molecule has 5 heteroatoms. The molecule has 2 aliphatic rings. The van der Waals surface area contributed by atoms with Crippen molar-refractivity contribution in [3.8, 4) is 5.75 Å². The monoisotopic (exact) mass is 300 g/mol. The van der Waals surface area contributed by atoms with E-state index in [0.29, 0.717) is 5.56 Å². The van der Waals surface area contributed by atoms with Crippen molar-refractivity contribution < 1.29 is 24.9 Å². The second-order valence-electron chi connectivity index (χ2n) is 5.56. The third-order valence-corrected chi connectivity index (χ3v) is 4.23. The molecule has 0 spiro atoms. The minimum absolute atomic E-state index is 0.0711. The lowest BCUT2D eigenvalue weighted by Crippen LogP contribution is -2.16. The average Bonchev–Trinajstić information content (AvgIpc) is 2.99. The summed E-state index contributed by atoms with van der Waals surface area (Å²) in [5, 5.41) is 30.3. The van der Waals surface area contributed by atoms with Crippen LogP contribution in [-0.2, 0) is 9.59 Å². The molecule has 2 aliphatic carbocycles. The fourth-order valence-corrected chi connectivity index (χ4v) is 3.17. The van der Waals surface area contributed by atoms with Gasteiger partial charge >= 0.3 is 0 Å². The summed E-state index contributed by atoms with van der Waals surface area (Å²) in [5.74, 6) is -1.65. The number of aliphatic hydroxyl groups excluding tert-OH is 2. The van der Waals surface area contributed by atoms with Gasteiger partial charge in [0.15, 0.2) is 11.6 Å². The van der Waals surface area contributed by atoms with Crippen molar-refractivity contribution in [1.29, 1.82) is 0 Å². The number of ketones is 2. The van der Waals surface area contributed by atoms with E-state index in [9.17, 15) is 24.9 Å². The largest absolute Gasteiger partial charge is 0.512 e. The Morgan fingerprint density at radius 1 is 0.773 bits per heavy atom. The summed E-state index contributed by atoms with van der Waals surface area (Å²) < 4.78 is 0. The molecule has 0 aliphatic heterocycles. The van der Waals surface area contributed by atoms with Crippen LogP contribution in [0.3, 0.4) is 0 Å². The van der Waals surface area contributed by atoms with Crippen LogP contribution < -0.4 is 0 Å². The molecule has 0 saturated carbocycles. The average molecular weight is 300 g/mol. The maximum atomic E-state index is 12.2. The number of aromatic hydroxyl groups is 1. The number of Topliss-reactive ketones (excluding diaryl/α,β-unsaturated/α-hetero) is 2. The summed E-state index contributed by atoms with van der Waals surface area (Å²) in [5.41, 5.74) is 0.563. The highest BCUT2D eigenvalue weighted by molar-refractivity contribution is 6.06. The predicted molar refractivity (Wildman–Crippen MR) is 78.6 cm³/mol. The first kappa shape index (κ1) is 14.4. The zero-order valence-electron chi connectivity index (χ0n) is 11.9. The topological polar surface area (TPSA) is 94.8 Å². The smallest absolute Gasteiger partial charge is 0.163 e. The number of rotatable bonds is 3. The highest BCUT2D eigenvalue weighted by atomic mass is 16.3. The fourth-order valence-electron chi connectivity index (χ4n) is 3.17. The lowest BCUT2D eigenvalue weighted by atomic mass is 9.82. The SMILES string of the molecule is O=C1CCC(O)=C1C(C1=C(O)CCC1=O)c1ccccc1O. The Labute approximate surface area is 127 Å². The zero-order valence-corrected chi connectivity index (χ0v) is 11.9. The van der Waals surface area contributed by atoms with Crippen molar-refractivity contribution >= 4 is 11.6 Å². The van der Waals surface area contributed by atoms with Gasteiger partial charge in [-0.05, 0) is 6.07 Å². The summed E-state index contributed by atoms with van der Waals surface area (Å²) in [6.07, 6.45) is 0.794. The molecule has 0 amide bonds. The standard InChI is InChI=1S/C17H16O5/c18-10-4-2-1-3-9(10)15(16-11(19)5-6-12(16)20)17-13(21)7-8-14(17)22/h1-4,15,18-19,21H,5-8H2. The Bertz CT molecular complexity index is 686. The van der Waals surface area contributed by atoms with Gasteiger partial charge in [-0.1, -0.05) is 18.2 Å². The predicted octanol–water partition coefficient (Wildman–Crippen LogP) is 2.83. The number of carbonyl (C=O) groups is 2. The van der Waals surface area contributed by atoms with E-state index in [1.165, 1.54) is 6.07 Å². The molecule has 114 valence electrons. The normalized spacial score (nSPS) is 19.0. The fraction of sp³-hybridized carbons (Fsp3) is 0.294. The molecule has 0 atom stereocenters. The summed E-state index contributed by atoms with van der Waals surface area (Å²) in [7, 11) is 0. The lowest BCUT2D eigenvalue weighted by molar-refractivity contribution is -0.115. The van der Waals surface area contributed by atoms with Crippen molar-refractivity contribution in [2.75, 3.05) is 0 Å². The first-order valence-electron chi connectivity index (χ1n) is 7.19. The summed E-state index contributed by atoms with van der Waals surface area (Å²) >= 11 is 0. The maximum Gasteiger partial charge on any atom is 0.163 e. The number of hydrogen-bond donors (Lipinski definition) is 3. The number of hydrogen-bond acceptors (Lipinski definition) is 5. The van der Waals surface area contributed by atoms with Gasteiger partial charge in [-0.15, -0.1) is 0 Å². The van der Waals surface area contributed by atoms with Crippen LogP contribution in [-0.4, -0.2) is 26.9 Å². The molecule has 0 bridgehead atoms. The number of aliphatic hydroxyl groups is 2. The van der Waals surface area contributed by atoms with Gasteiger partial charge < -0.3 is 15.3 Å². The van der Waals surface area contributed by atoms with Gasteiger partial charge in [0.05, 0.1) is 5.92 Å². The Morgan fingerprint density at radius 3 is 1.68 bits per heavy atom. The molecule has 0 fully saturated rings. The quantitative estimate of drug-likeness (QED) is 0.798. The molecular formula is C17H16O5. The number of allylic oxidation sites excluding steroid dienone is 4. The lowest BCUT2D eigenvalue weighted by Gasteiger charge is -2.20. The van der Waals surface area contributed by atoms with Crippen LogP contribution in [0, 0.1) is 0 Å². The molecule has 0 radical (unpaired) electrons. The molecule has 1 aromatic rings. The Morgan fingerprint density at radius 2 is 1.27 bits per heavy atom. The minimum atomic E-state index is -0.911. The van der Waals surface area contributed by atoms with E-state index in [4.69, 9.17) is 0 Å². The van der Waals surface area contributed by atoms with E-state index in [0.717, 1.165) is 0 Å². The number of benzene rings is 1. The van der Waals surface area contributed by atoms with E-state index < -0.39 is 5.92 Å². The van der Waals surface area contributed by atoms with Crippen molar-refractivity contribution in [2.24, 2.45) is 0 Å². The highest BCUT2D eigenvalue weighted by Crippen LogP contribution is 2.45. The van der Waals surface area contributed by atoms with Crippen molar-refractivity contribution in [3.05, 3.63) is 52.5 Å². The van der Waals surface area contributed by atoms with Crippen molar-refractivity contribution in [1.82, 2.24) is 0 Å². The molecule has 1 aromatic carbocycles. The van der Waals surface area contributed by atoms with E-state index in [1.54, 1.807) is 18.2 Å². The molecule has 0 saturated heterocycles. The molecule has 3 N–H and O–H groups in total. The van der Waals surface area contributed by atoms with E-state index in [1.807, 2.05) is 0 Å². The Kier molecular flexibility index (Phi) is 3.48. The van der Waals surface area contributed by atoms with E-state index >= 15 is 0 Å². The van der Waals surface area contributed by atoms with Gasteiger partial charge in [0.25, 0.3) is 0 Å². The third kappa shape index (κ3) is 2.19. The van der Waals surface area contributed by atoms with Crippen LogP contribution in [0.15, 0.2) is 46.9 Å². The molecular weight excluding hydrogens is 284 g/mol. The number of phenolic OH excluding ortho intramolecular Hbond substituents is 1. The Balaban J connectivity index is 2.23. The summed E-state index contributed by atoms with van der Waals surface area (Å²) in [6.45, 7) is 0. The second-order valence-corrected chi connectivity index (χ2v) is 5.56. The van der Waals surface area contributed by atoms with Crippen molar-refractivity contribution in [3.63, 3.8) is 0 Å². The van der Waals surface area contributed by atoms with E-state index in [-0.39, 0.29) is 65.7 Å². The van der Waals surface area contributed by atoms with Crippen LogP contribution in [0.5, 0.6) is 5.75 Å². The zero-order chi connectivity index (χ0) is 15.9. The summed E-state index contributed by atoms with van der Waals surface area (Å²) in [6, 6.07) is 6.36. The molecule has 0 heterocycles. The molecule has 22 heavy (non-hydrogen) atoms. The van der Waals surface area contributed by atoms with Crippen LogP contribution >= 0.6 is 0 Å². The first-order valence-corrected chi connectivity index (χ1v) is 7.19. The third-order valence-electron chi connectivity index (χ3n) is 4.23. The second kappa shape index (κ2) is 5.33. The molecule has 3 rings (SSSR count). The van der Waals surface area contributed by atoms with Crippen LogP contribution in [0.4, 0.5) is 0 Å². The van der Waals surface area contributed by atoms with E-state index in [2.05, 4.69) is 0 Å². The number of phenols is 1. The number of carbonyl (C=O) groups excluding carboxylic acids is 2. The first-order chi connectivity index (χ1) is 10.5. The number of para-hydroxylation sites is 1. The van der Waals surface area contributed by atoms with Gasteiger partial charge in [-0.25, -0.2) is 0 Å². The molecule has 0 unspecified atom stereocenters. The maximum absolute atomic E-state index is 12.2.